The Labute approximate surface area is 343 Å². The zero-order chi connectivity index (χ0) is 45.5. The van der Waals surface area contributed by atoms with E-state index < -0.39 is 134 Å². The Morgan fingerprint density at radius 1 is 0.667 bits per heavy atom. The fourth-order valence-electron chi connectivity index (χ4n) is 5.75. The average Bonchev–Trinajstić information content (AvgIpc) is 3.67. The molecule has 338 valence electrons. The van der Waals surface area contributed by atoms with Crippen molar-refractivity contribution in [2.75, 3.05) is 39.4 Å². The van der Waals surface area contributed by atoms with Crippen LogP contribution >= 0.6 is 0 Å². The molecule has 20 N–H and O–H groups in total. The Balaban J connectivity index is 3.29. The molecule has 7 atom stereocenters. The highest BCUT2D eigenvalue weighted by Crippen LogP contribution is 2.20. The van der Waals surface area contributed by atoms with Crippen LogP contribution in [0.3, 0.4) is 0 Å². The molecule has 1 fully saturated rings. The Hall–Kier alpha value is -6.19. The SMILES string of the molecule is NCCCC[C@H](NC(=O)[C@@H](N)CC(=O)O)C(=O)N[C@@H](CO)C(=O)N[C@@H](CC(N)=O)C(=O)N[C@@H](CCCN=C(N)N)C(=O)N1CCC[C@H]1C(=O)N[C@@H](CO)C(=O)NCC(=O)O. The van der Waals surface area contributed by atoms with Gasteiger partial charge in [-0.2, -0.15) is 0 Å². The van der Waals surface area contributed by atoms with Crippen molar-refractivity contribution >= 4 is 65.2 Å². The van der Waals surface area contributed by atoms with E-state index >= 15 is 0 Å². The van der Waals surface area contributed by atoms with E-state index in [1.54, 1.807) is 0 Å². The lowest BCUT2D eigenvalue weighted by molar-refractivity contribution is -0.143. The summed E-state index contributed by atoms with van der Waals surface area (Å²) in [5.41, 5.74) is 27.2. The number of aliphatic hydroxyl groups is 2. The van der Waals surface area contributed by atoms with E-state index in [1.165, 1.54) is 0 Å². The minimum atomic E-state index is -1.81. The van der Waals surface area contributed by atoms with Gasteiger partial charge in [0.25, 0.3) is 0 Å². The number of unbranched alkanes of at least 4 members (excludes halogenated alkanes) is 1. The van der Waals surface area contributed by atoms with E-state index in [0.29, 0.717) is 12.8 Å². The lowest BCUT2D eigenvalue weighted by atomic mass is 10.1. The first-order valence-electron chi connectivity index (χ1n) is 18.8. The number of likely N-dealkylation sites (tertiary alicyclic amines) is 1. The largest absolute Gasteiger partial charge is 0.481 e. The number of aliphatic imine (C=N–C) groups is 1. The van der Waals surface area contributed by atoms with Crippen molar-refractivity contribution in [3.05, 3.63) is 0 Å². The van der Waals surface area contributed by atoms with Crippen molar-refractivity contribution in [1.29, 1.82) is 0 Å². The Bertz CT molecular complexity index is 1580. The van der Waals surface area contributed by atoms with Gasteiger partial charge in [0.15, 0.2) is 5.96 Å². The molecule has 0 spiro atoms. The molecule has 1 saturated heterocycles. The summed E-state index contributed by atoms with van der Waals surface area (Å²) >= 11 is 0. The molecule has 60 heavy (non-hydrogen) atoms. The molecule has 8 amide bonds. The van der Waals surface area contributed by atoms with Crippen molar-refractivity contribution in [2.24, 2.45) is 33.7 Å². The minimum Gasteiger partial charge on any atom is -0.481 e. The number of rotatable bonds is 28. The smallest absolute Gasteiger partial charge is 0.322 e. The molecule has 1 aliphatic heterocycles. The van der Waals surface area contributed by atoms with Gasteiger partial charge in [-0.3, -0.25) is 52.9 Å². The number of nitrogens with zero attached hydrogens (tertiary/aromatic N) is 2. The summed E-state index contributed by atoms with van der Waals surface area (Å²) in [5.74, 6) is -11.2. The van der Waals surface area contributed by atoms with Crippen LogP contribution in [-0.2, 0) is 47.9 Å². The molecule has 0 bridgehead atoms. The lowest BCUT2D eigenvalue weighted by Gasteiger charge is -2.30. The lowest BCUT2D eigenvalue weighted by Crippen LogP contribution is -2.61. The number of hydrogen-bond donors (Lipinski definition) is 15. The van der Waals surface area contributed by atoms with Gasteiger partial charge in [-0.05, 0) is 51.5 Å². The predicted molar refractivity (Wildman–Crippen MR) is 206 cm³/mol. The molecule has 0 aromatic rings. The molecule has 1 heterocycles. The summed E-state index contributed by atoms with van der Waals surface area (Å²) in [4.78, 5) is 131. The molecular formula is C33H57N13O14. The fourth-order valence-corrected chi connectivity index (χ4v) is 5.75. The van der Waals surface area contributed by atoms with Crippen molar-refractivity contribution in [2.45, 2.75) is 100 Å². The first-order valence-corrected chi connectivity index (χ1v) is 18.8. The zero-order valence-electron chi connectivity index (χ0n) is 32.8. The summed E-state index contributed by atoms with van der Waals surface area (Å²) < 4.78 is 0. The molecule has 0 aliphatic carbocycles. The first-order chi connectivity index (χ1) is 28.2. The monoisotopic (exact) mass is 859 g/mol. The second kappa shape index (κ2) is 26.7. The Morgan fingerprint density at radius 2 is 1.22 bits per heavy atom. The maximum absolute atomic E-state index is 14.0. The number of carbonyl (C=O) groups is 10. The number of guanidine groups is 1. The number of carbonyl (C=O) groups excluding carboxylic acids is 8. The van der Waals surface area contributed by atoms with Gasteiger partial charge in [-0.25, -0.2) is 0 Å². The topological polar surface area (TPSA) is 469 Å². The van der Waals surface area contributed by atoms with Gasteiger partial charge in [-0.1, -0.05) is 0 Å². The molecule has 1 rings (SSSR count). The van der Waals surface area contributed by atoms with Crippen LogP contribution in [0.4, 0.5) is 0 Å². The van der Waals surface area contributed by atoms with Gasteiger partial charge in [0, 0.05) is 13.1 Å². The Kier molecular flexibility index (Phi) is 23.1. The molecule has 0 radical (unpaired) electrons. The van der Waals surface area contributed by atoms with E-state index in [9.17, 15) is 58.2 Å². The molecule has 0 aromatic carbocycles. The first kappa shape index (κ1) is 51.8. The molecule has 27 nitrogen and oxygen atoms in total. The van der Waals surface area contributed by atoms with E-state index in [4.69, 9.17) is 38.9 Å². The van der Waals surface area contributed by atoms with Gasteiger partial charge in [-0.15, -0.1) is 0 Å². The molecule has 0 unspecified atom stereocenters. The third-order valence-corrected chi connectivity index (χ3v) is 8.79. The second-order valence-electron chi connectivity index (χ2n) is 13.6. The molecule has 0 aromatic heterocycles. The maximum atomic E-state index is 14.0. The Morgan fingerprint density at radius 3 is 1.78 bits per heavy atom. The quantitative estimate of drug-likeness (QED) is 0.0197. The molecule has 27 heteroatoms. The van der Waals surface area contributed by atoms with Gasteiger partial charge < -0.3 is 85.9 Å². The fraction of sp³-hybridized carbons (Fsp3) is 0.667. The number of carboxylic acid groups (broad SMARTS) is 2. The standard InChI is InChI=1S/C33H57N13O14/c34-8-2-1-5-17(41-26(54)16(35)11-24(50)51)28(56)44-21(15-48)30(58)43-19(12-23(36)49)29(57)42-18(6-3-9-39-33(37)38)32(60)46-10-4-7-22(46)31(59)45-20(14-47)27(55)40-13-25(52)53/h16-22,47-48H,1-15,34-35H2,(H2,36,49)(H,40,55)(H,41,54)(H,42,57)(H,43,58)(H,44,56)(H,45,59)(H,50,51)(H,52,53)(H4,37,38,39)/t16-,17-,18-,19-,20-,21-,22-/m0/s1. The van der Waals surface area contributed by atoms with Gasteiger partial charge in [0.05, 0.1) is 32.1 Å². The van der Waals surface area contributed by atoms with Gasteiger partial charge >= 0.3 is 11.9 Å². The van der Waals surface area contributed by atoms with E-state index in [-0.39, 0.29) is 57.7 Å². The van der Waals surface area contributed by atoms with Crippen molar-refractivity contribution in [1.82, 2.24) is 36.8 Å². The summed E-state index contributed by atoms with van der Waals surface area (Å²) in [5, 5.41) is 50.9. The number of amides is 8. The van der Waals surface area contributed by atoms with Crippen molar-refractivity contribution in [3.63, 3.8) is 0 Å². The highest BCUT2D eigenvalue weighted by Gasteiger charge is 2.40. The number of carboxylic acids is 2. The van der Waals surface area contributed by atoms with Crippen LogP contribution in [0.2, 0.25) is 0 Å². The number of nitrogens with two attached hydrogens (primary N) is 5. The van der Waals surface area contributed by atoms with Crippen molar-refractivity contribution < 1.29 is 68.4 Å². The molecule has 0 saturated carbocycles. The van der Waals surface area contributed by atoms with E-state index in [2.05, 4.69) is 31.6 Å². The summed E-state index contributed by atoms with van der Waals surface area (Å²) in [6.45, 7) is -2.57. The third kappa shape index (κ3) is 18.6. The molecule has 1 aliphatic rings. The molecular weight excluding hydrogens is 802 g/mol. The predicted octanol–water partition coefficient (Wildman–Crippen LogP) is -8.55. The van der Waals surface area contributed by atoms with Crippen molar-refractivity contribution in [3.8, 4) is 0 Å². The van der Waals surface area contributed by atoms with Crippen LogP contribution in [0.5, 0.6) is 0 Å². The van der Waals surface area contributed by atoms with Crippen LogP contribution in [0.25, 0.3) is 0 Å². The zero-order valence-corrected chi connectivity index (χ0v) is 32.8. The maximum Gasteiger partial charge on any atom is 0.322 e. The highest BCUT2D eigenvalue weighted by molar-refractivity contribution is 5.99. The summed E-state index contributed by atoms with van der Waals surface area (Å²) in [6.07, 6.45) is -0.651. The average molecular weight is 860 g/mol. The van der Waals surface area contributed by atoms with E-state index in [0.717, 1.165) is 4.90 Å². The van der Waals surface area contributed by atoms with Crippen LogP contribution in [0, 0.1) is 0 Å². The normalized spacial score (nSPS) is 16.3. The second-order valence-corrected chi connectivity index (χ2v) is 13.6. The highest BCUT2D eigenvalue weighted by atomic mass is 16.4. The van der Waals surface area contributed by atoms with Crippen LogP contribution in [0.15, 0.2) is 4.99 Å². The summed E-state index contributed by atoms with van der Waals surface area (Å²) in [6, 6.07) is -10.8. The number of primary amides is 1. The van der Waals surface area contributed by atoms with Gasteiger partial charge in [0.1, 0.15) is 42.8 Å². The number of hydrogen-bond acceptors (Lipinski definition) is 15. The number of nitrogens with one attached hydrogen (secondary N) is 6. The van der Waals surface area contributed by atoms with E-state index in [1.807, 2.05) is 5.32 Å². The number of aliphatic carboxylic acids is 2. The van der Waals surface area contributed by atoms with Gasteiger partial charge in [0.2, 0.25) is 47.3 Å². The number of aliphatic hydroxyl groups excluding tert-OH is 2. The third-order valence-electron chi connectivity index (χ3n) is 8.79. The van der Waals surface area contributed by atoms with Crippen LogP contribution < -0.4 is 60.6 Å². The minimum absolute atomic E-state index is 0.00924. The van der Waals surface area contributed by atoms with Crippen LogP contribution in [0.1, 0.15) is 57.8 Å². The van der Waals surface area contributed by atoms with Crippen LogP contribution in [-0.4, -0.2) is 172 Å². The summed E-state index contributed by atoms with van der Waals surface area (Å²) in [7, 11) is 0.